The van der Waals surface area contributed by atoms with Gasteiger partial charge in [0.2, 0.25) is 15.9 Å². The van der Waals surface area contributed by atoms with Crippen molar-refractivity contribution in [3.63, 3.8) is 0 Å². The number of hydrogen-bond acceptors (Lipinski definition) is 4. The summed E-state index contributed by atoms with van der Waals surface area (Å²) in [5.74, 6) is -0.113. The Hall–Kier alpha value is -2.09. The van der Waals surface area contributed by atoms with E-state index in [2.05, 4.69) is 10.0 Å². The van der Waals surface area contributed by atoms with Crippen LogP contribution >= 0.6 is 11.6 Å². The van der Waals surface area contributed by atoms with E-state index in [0.717, 1.165) is 5.56 Å². The van der Waals surface area contributed by atoms with E-state index in [1.54, 1.807) is 44.2 Å². The highest BCUT2D eigenvalue weighted by molar-refractivity contribution is 7.89. The topological polar surface area (TPSA) is 84.5 Å². The summed E-state index contributed by atoms with van der Waals surface area (Å²) in [7, 11) is -2.36. The first-order chi connectivity index (χ1) is 12.7. The summed E-state index contributed by atoms with van der Waals surface area (Å²) in [4.78, 5) is 12.6. The van der Waals surface area contributed by atoms with Gasteiger partial charge in [-0.25, -0.2) is 8.42 Å². The molecule has 0 bridgehead atoms. The molecule has 2 aromatic rings. The second-order valence-corrected chi connectivity index (χ2v) is 8.45. The van der Waals surface area contributed by atoms with E-state index in [1.807, 2.05) is 6.07 Å². The zero-order chi connectivity index (χ0) is 20.0. The van der Waals surface area contributed by atoms with Crippen molar-refractivity contribution < 1.29 is 17.9 Å². The first kappa shape index (κ1) is 21.2. The lowest BCUT2D eigenvalue weighted by atomic mass is 10.0. The van der Waals surface area contributed by atoms with Gasteiger partial charge in [0.15, 0.2) is 0 Å². The third-order valence-electron chi connectivity index (χ3n) is 4.01. The summed E-state index contributed by atoms with van der Waals surface area (Å²) in [6.07, 6.45) is 0. The van der Waals surface area contributed by atoms with Crippen LogP contribution in [0.4, 0.5) is 0 Å². The minimum Gasteiger partial charge on any atom is -0.497 e. The third kappa shape index (κ3) is 5.69. The molecule has 0 aliphatic heterocycles. The fourth-order valence-electron chi connectivity index (χ4n) is 2.42. The molecule has 0 heterocycles. The summed E-state index contributed by atoms with van der Waals surface area (Å²) in [5.41, 5.74) is 0.757. The fourth-order valence-corrected chi connectivity index (χ4v) is 3.96. The van der Waals surface area contributed by atoms with E-state index >= 15 is 0 Å². The summed E-state index contributed by atoms with van der Waals surface area (Å²) >= 11 is 6.09. The van der Waals surface area contributed by atoms with E-state index in [4.69, 9.17) is 16.3 Å². The Morgan fingerprint density at radius 1 is 1.11 bits per heavy atom. The molecule has 2 rings (SSSR count). The van der Waals surface area contributed by atoms with E-state index < -0.39 is 22.0 Å². The Kier molecular flexibility index (Phi) is 7.24. The van der Waals surface area contributed by atoms with Crippen LogP contribution in [0, 0.1) is 5.92 Å². The molecule has 0 spiro atoms. The number of nitrogens with one attached hydrogen (secondary N) is 2. The van der Waals surface area contributed by atoms with Gasteiger partial charge in [-0.1, -0.05) is 43.6 Å². The first-order valence-corrected chi connectivity index (χ1v) is 10.3. The molecule has 0 aromatic heterocycles. The van der Waals surface area contributed by atoms with Gasteiger partial charge in [0, 0.05) is 11.6 Å². The number of amides is 1. The molecule has 2 aromatic carbocycles. The predicted octanol–water partition coefficient (Wildman–Crippen LogP) is 2.97. The van der Waals surface area contributed by atoms with Gasteiger partial charge in [0.25, 0.3) is 0 Å². The van der Waals surface area contributed by atoms with Gasteiger partial charge in [-0.05, 0) is 41.8 Å². The average molecular weight is 411 g/mol. The van der Waals surface area contributed by atoms with Crippen LogP contribution in [0.1, 0.15) is 19.4 Å². The molecule has 6 nitrogen and oxygen atoms in total. The average Bonchev–Trinajstić information content (AvgIpc) is 2.65. The molecule has 0 radical (unpaired) electrons. The van der Waals surface area contributed by atoms with Gasteiger partial charge in [-0.3, -0.25) is 4.79 Å². The minimum atomic E-state index is -3.86. The normalized spacial score (nSPS) is 12.6. The van der Waals surface area contributed by atoms with Crippen LogP contribution in [-0.4, -0.2) is 27.5 Å². The first-order valence-electron chi connectivity index (χ1n) is 8.42. The van der Waals surface area contributed by atoms with Gasteiger partial charge in [0.05, 0.1) is 12.0 Å². The van der Waals surface area contributed by atoms with Crippen LogP contribution in [0.5, 0.6) is 5.75 Å². The number of carbonyl (C=O) groups is 1. The number of hydrogen-bond donors (Lipinski definition) is 2. The molecular formula is C19H23ClN2O4S. The number of sulfonamides is 1. The van der Waals surface area contributed by atoms with E-state index in [1.165, 1.54) is 19.2 Å². The highest BCUT2D eigenvalue weighted by Crippen LogP contribution is 2.17. The Balaban J connectivity index is 2.11. The van der Waals surface area contributed by atoms with E-state index in [-0.39, 0.29) is 17.4 Å². The number of rotatable bonds is 8. The van der Waals surface area contributed by atoms with Crippen LogP contribution in [-0.2, 0) is 21.4 Å². The van der Waals surface area contributed by atoms with Gasteiger partial charge in [0.1, 0.15) is 11.8 Å². The molecule has 1 atom stereocenters. The van der Waals surface area contributed by atoms with Crippen molar-refractivity contribution in [2.24, 2.45) is 5.92 Å². The Labute approximate surface area is 164 Å². The maximum Gasteiger partial charge on any atom is 0.241 e. The molecular weight excluding hydrogens is 388 g/mol. The van der Waals surface area contributed by atoms with Crippen LogP contribution < -0.4 is 14.8 Å². The van der Waals surface area contributed by atoms with Gasteiger partial charge < -0.3 is 10.1 Å². The van der Waals surface area contributed by atoms with Crippen molar-refractivity contribution in [1.29, 1.82) is 0 Å². The summed E-state index contributed by atoms with van der Waals surface area (Å²) < 4.78 is 32.8. The second-order valence-electron chi connectivity index (χ2n) is 6.33. The summed E-state index contributed by atoms with van der Waals surface area (Å²) in [5, 5.41) is 3.28. The SMILES string of the molecule is COc1ccc(S(=O)(=O)N[C@H](C(=O)NCc2ccccc2Cl)C(C)C)cc1. The standard InChI is InChI=1S/C19H23ClN2O4S/c1-13(2)18(19(23)21-12-14-6-4-5-7-17(14)20)22-27(24,25)16-10-8-15(26-3)9-11-16/h4-11,13,18,22H,12H2,1-3H3,(H,21,23)/t18-/m0/s1. The predicted molar refractivity (Wildman–Crippen MR) is 105 cm³/mol. The molecule has 0 unspecified atom stereocenters. The van der Waals surface area contributed by atoms with Crippen molar-refractivity contribution in [2.45, 2.75) is 31.3 Å². The van der Waals surface area contributed by atoms with Gasteiger partial charge in [-0.15, -0.1) is 0 Å². The second kappa shape index (κ2) is 9.21. The molecule has 146 valence electrons. The van der Waals surface area contributed by atoms with Crippen LogP contribution in [0.15, 0.2) is 53.4 Å². The number of carbonyl (C=O) groups excluding carboxylic acids is 1. The molecule has 0 saturated heterocycles. The molecule has 0 saturated carbocycles. The number of methoxy groups -OCH3 is 1. The van der Waals surface area contributed by atoms with Crippen molar-refractivity contribution in [3.05, 3.63) is 59.1 Å². The maximum atomic E-state index is 12.6. The molecule has 27 heavy (non-hydrogen) atoms. The Morgan fingerprint density at radius 3 is 2.30 bits per heavy atom. The number of halogens is 1. The summed E-state index contributed by atoms with van der Waals surface area (Å²) in [6, 6.07) is 12.2. The van der Waals surface area contributed by atoms with Crippen molar-refractivity contribution >= 4 is 27.5 Å². The Bertz CT molecular complexity index is 883. The Morgan fingerprint density at radius 2 is 1.74 bits per heavy atom. The number of ether oxygens (including phenoxy) is 1. The molecule has 2 N–H and O–H groups in total. The molecule has 0 fully saturated rings. The summed E-state index contributed by atoms with van der Waals surface area (Å²) in [6.45, 7) is 3.76. The fraction of sp³-hybridized carbons (Fsp3) is 0.316. The van der Waals surface area contributed by atoms with Crippen molar-refractivity contribution in [2.75, 3.05) is 7.11 Å². The lowest BCUT2D eigenvalue weighted by Gasteiger charge is -2.22. The smallest absolute Gasteiger partial charge is 0.241 e. The highest BCUT2D eigenvalue weighted by Gasteiger charge is 2.28. The van der Waals surface area contributed by atoms with E-state index in [0.29, 0.717) is 10.8 Å². The zero-order valence-corrected chi connectivity index (χ0v) is 17.0. The van der Waals surface area contributed by atoms with Crippen LogP contribution in [0.25, 0.3) is 0 Å². The highest BCUT2D eigenvalue weighted by atomic mass is 35.5. The van der Waals surface area contributed by atoms with Gasteiger partial charge >= 0.3 is 0 Å². The van der Waals surface area contributed by atoms with Crippen molar-refractivity contribution in [1.82, 2.24) is 10.0 Å². The third-order valence-corrected chi connectivity index (χ3v) is 5.84. The number of benzene rings is 2. The lowest BCUT2D eigenvalue weighted by Crippen LogP contribution is -2.49. The molecule has 1 amide bonds. The molecule has 8 heteroatoms. The molecule has 0 aliphatic rings. The quantitative estimate of drug-likeness (QED) is 0.700. The molecule has 0 aliphatic carbocycles. The largest absolute Gasteiger partial charge is 0.497 e. The van der Waals surface area contributed by atoms with Crippen molar-refractivity contribution in [3.8, 4) is 5.75 Å². The van der Waals surface area contributed by atoms with Crippen LogP contribution in [0.3, 0.4) is 0 Å². The zero-order valence-electron chi connectivity index (χ0n) is 15.4. The van der Waals surface area contributed by atoms with E-state index in [9.17, 15) is 13.2 Å². The minimum absolute atomic E-state index is 0.0628. The van der Waals surface area contributed by atoms with Crippen LogP contribution in [0.2, 0.25) is 5.02 Å². The maximum absolute atomic E-state index is 12.6. The van der Waals surface area contributed by atoms with Gasteiger partial charge in [-0.2, -0.15) is 4.72 Å². The monoisotopic (exact) mass is 410 g/mol. The lowest BCUT2D eigenvalue weighted by molar-refractivity contribution is -0.123.